The molecule has 680 valence electrons. The predicted molar refractivity (Wildman–Crippen MR) is 607 cm³/mol. The number of nitrogens with zero attached hydrogens (tertiary/aromatic N) is 9. The first-order chi connectivity index (χ1) is 72.3. The van der Waals surface area contributed by atoms with Gasteiger partial charge in [0.2, 0.25) is 0 Å². The van der Waals surface area contributed by atoms with E-state index in [1.54, 1.807) is 0 Å². The zero-order chi connectivity index (χ0) is 96.5. The molecule has 28 aromatic rings. The molecular weight excluding hydrogens is 1770 g/mol. The summed E-state index contributed by atoms with van der Waals surface area (Å²) in [5.41, 5.74) is 34.3. The third kappa shape index (κ3) is 15.8. The molecule has 0 unspecified atom stereocenters. The molecule has 9 heteroatoms. The smallest absolute Gasteiger partial charge is 0.164 e. The fourth-order valence-corrected chi connectivity index (χ4v) is 21.4. The van der Waals surface area contributed by atoms with Crippen LogP contribution >= 0.6 is 0 Å². The molecule has 0 amide bonds. The molecule has 0 aliphatic carbocycles. The van der Waals surface area contributed by atoms with Crippen LogP contribution in [0.5, 0.6) is 0 Å². The van der Waals surface area contributed by atoms with Crippen LogP contribution in [0.3, 0.4) is 0 Å². The molecule has 0 fully saturated rings. The zero-order valence-corrected chi connectivity index (χ0v) is 79.3. The van der Waals surface area contributed by atoms with Crippen LogP contribution in [0.1, 0.15) is 0 Å². The quantitative estimate of drug-likeness (QED) is 0.0889. The van der Waals surface area contributed by atoms with Crippen molar-refractivity contribution in [3.63, 3.8) is 0 Å². The summed E-state index contributed by atoms with van der Waals surface area (Å²) in [5, 5.41) is 16.9. The zero-order valence-electron chi connectivity index (χ0n) is 79.3. The molecule has 22 aromatic carbocycles. The molecule has 0 saturated heterocycles. The maximum Gasteiger partial charge on any atom is 0.164 e. The second kappa shape index (κ2) is 36.6. The first kappa shape index (κ1) is 85.6. The number of benzene rings is 22. The largest absolute Gasteiger partial charge is 0.309 e. The van der Waals surface area contributed by atoms with Crippen molar-refractivity contribution in [1.29, 1.82) is 0 Å². The van der Waals surface area contributed by atoms with Gasteiger partial charge in [-0.2, -0.15) is 0 Å². The highest BCUT2D eigenvalue weighted by atomic mass is 15.0. The van der Waals surface area contributed by atoms with Gasteiger partial charge in [0, 0.05) is 110 Å². The lowest BCUT2D eigenvalue weighted by Crippen LogP contribution is -2.00. The lowest BCUT2D eigenvalue weighted by atomic mass is 9.93. The molecule has 28 rings (SSSR count). The van der Waals surface area contributed by atoms with Gasteiger partial charge >= 0.3 is 0 Å². The van der Waals surface area contributed by atoms with E-state index in [-0.39, 0.29) is 0 Å². The van der Waals surface area contributed by atoms with Crippen LogP contribution in [0.25, 0.3) is 277 Å². The summed E-state index contributed by atoms with van der Waals surface area (Å²) in [4.78, 5) is 36.3. The minimum absolute atomic E-state index is 0.611. The van der Waals surface area contributed by atoms with Gasteiger partial charge in [-0.15, -0.1) is 0 Å². The topological polar surface area (TPSA) is 100 Å². The van der Waals surface area contributed by atoms with E-state index < -0.39 is 0 Å². The van der Waals surface area contributed by atoms with Crippen LogP contribution in [-0.2, 0) is 0 Å². The van der Waals surface area contributed by atoms with Gasteiger partial charge in [0.05, 0.1) is 55.9 Å². The molecule has 9 nitrogen and oxygen atoms in total. The van der Waals surface area contributed by atoms with Crippen molar-refractivity contribution in [2.24, 2.45) is 0 Å². The van der Waals surface area contributed by atoms with E-state index in [0.29, 0.717) is 23.3 Å². The number of fused-ring (bicyclic) bond motifs is 16. The van der Waals surface area contributed by atoms with Crippen molar-refractivity contribution in [3.05, 3.63) is 528 Å². The normalized spacial score (nSPS) is 11.6. The Labute approximate surface area is 843 Å². The van der Waals surface area contributed by atoms with Crippen LogP contribution in [0.2, 0.25) is 0 Å². The minimum Gasteiger partial charge on any atom is -0.309 e. The summed E-state index contributed by atoms with van der Waals surface area (Å²) in [6.07, 6.45) is 0. The standard InChI is InChI=1S/C74H47N5.C63H40N4/c1-3-15-48(16-4-1)56-20-13-22-59(45-56)73-76-72(77-74(78-73)60-23-14-21-57(46-60)49-17-5-2-6-18-49)55-35-31-51(32-36-55)50-29-33-54(34-30-50)71-65-43-39-53-19-7-8-24-62(53)70(65)66-47-58(40-44-67(66)75-71)52-37-41-61(42-38-52)79-68-27-11-9-25-63(68)64-26-10-12-28-69(64)79;1-3-14-45(15-4-1)57-40-58(66-63(65-57)48-16-5-2-6-17-48)46-27-23-41(24-28-46)42-25-29-47(30-26-42)62-54-37-33-44-13-7-8-18-51(44)61(54)55-39-49(34-38-56(55)64-62)43-31-35-50(36-32-43)67-59-21-11-9-19-52(59)53-20-10-12-22-60(53)67/h1-47H;1-40H. The molecule has 0 atom stereocenters. The van der Waals surface area contributed by atoms with Crippen molar-refractivity contribution in [3.8, 4) is 169 Å². The summed E-state index contributed by atoms with van der Waals surface area (Å²) in [7, 11) is 0. The molecule has 0 spiro atoms. The Balaban J connectivity index is 0.000000147. The molecule has 0 N–H and O–H groups in total. The highest BCUT2D eigenvalue weighted by Crippen LogP contribution is 2.46. The number of hydrogen-bond acceptors (Lipinski definition) is 7. The summed E-state index contributed by atoms with van der Waals surface area (Å²) >= 11 is 0. The molecule has 146 heavy (non-hydrogen) atoms. The van der Waals surface area contributed by atoms with E-state index >= 15 is 0 Å². The van der Waals surface area contributed by atoms with E-state index in [1.165, 1.54) is 81.5 Å². The second-order valence-electron chi connectivity index (χ2n) is 37.3. The predicted octanol–water partition coefficient (Wildman–Crippen LogP) is 35.6. The van der Waals surface area contributed by atoms with Gasteiger partial charge in [-0.25, -0.2) is 34.9 Å². The van der Waals surface area contributed by atoms with Crippen LogP contribution in [0, 0.1) is 0 Å². The van der Waals surface area contributed by atoms with Crippen molar-refractivity contribution in [2.75, 3.05) is 0 Å². The van der Waals surface area contributed by atoms with Gasteiger partial charge in [-0.1, -0.05) is 437 Å². The Morgan fingerprint density at radius 2 is 0.384 bits per heavy atom. The van der Waals surface area contributed by atoms with Crippen molar-refractivity contribution in [1.82, 2.24) is 44.0 Å². The highest BCUT2D eigenvalue weighted by Gasteiger charge is 2.23. The lowest BCUT2D eigenvalue weighted by Gasteiger charge is -2.15. The summed E-state index contributed by atoms with van der Waals surface area (Å²) in [6.45, 7) is 0. The van der Waals surface area contributed by atoms with Crippen LogP contribution in [0.15, 0.2) is 528 Å². The average Bonchev–Trinajstić information content (AvgIpc) is 1.22. The molecule has 0 aliphatic rings. The first-order valence-corrected chi connectivity index (χ1v) is 49.5. The van der Waals surface area contributed by atoms with E-state index in [1.807, 2.05) is 48.5 Å². The fourth-order valence-electron chi connectivity index (χ4n) is 21.4. The van der Waals surface area contributed by atoms with E-state index in [2.05, 4.69) is 488 Å². The number of para-hydroxylation sites is 4. The SMILES string of the molecule is c1ccc(-c2cc(-c3ccc(-c4ccc(-c5nc6ccc(-c7ccc(-n8c9ccccc9c9ccccc98)cc7)cc6c6c5ccc5ccccc56)cc4)cc3)nc(-c3ccccc3)n2)cc1.c1ccc(-c2cccc(-c3nc(-c4ccc(-c5ccc(-c6nc7ccc(-c8ccc(-n9c%10ccccc%10c%10ccccc%109)cc8)cc7c7c6ccc6ccccc67)cc5)cc4)nc(-c4cccc(-c5ccccc5)c4)n3)c2)cc1. The maximum absolute atomic E-state index is 5.44. The van der Waals surface area contributed by atoms with E-state index in [0.717, 1.165) is 172 Å². The summed E-state index contributed by atoms with van der Waals surface area (Å²) in [6, 6.07) is 188. The summed E-state index contributed by atoms with van der Waals surface area (Å²) in [5.74, 6) is 2.56. The van der Waals surface area contributed by atoms with Gasteiger partial charge in [0.25, 0.3) is 0 Å². The molecule has 0 saturated carbocycles. The van der Waals surface area contributed by atoms with Crippen LogP contribution in [0.4, 0.5) is 0 Å². The Hall–Kier alpha value is -19.6. The number of hydrogen-bond donors (Lipinski definition) is 0. The second-order valence-corrected chi connectivity index (χ2v) is 37.3. The van der Waals surface area contributed by atoms with Gasteiger partial charge in [0.15, 0.2) is 23.3 Å². The van der Waals surface area contributed by atoms with Crippen molar-refractivity contribution in [2.45, 2.75) is 0 Å². The number of rotatable bonds is 16. The average molecular weight is 1860 g/mol. The molecule has 0 bridgehead atoms. The Morgan fingerprint density at radius 1 is 0.130 bits per heavy atom. The van der Waals surface area contributed by atoms with Crippen molar-refractivity contribution < 1.29 is 0 Å². The van der Waals surface area contributed by atoms with Gasteiger partial charge in [-0.05, 0) is 179 Å². The van der Waals surface area contributed by atoms with Crippen molar-refractivity contribution >= 4 is 109 Å². The number of pyridine rings is 2. The van der Waals surface area contributed by atoms with Gasteiger partial charge in [-0.3, -0.25) is 0 Å². The molecule has 0 radical (unpaired) electrons. The Morgan fingerprint density at radius 3 is 0.774 bits per heavy atom. The lowest BCUT2D eigenvalue weighted by molar-refractivity contribution is 1.07. The van der Waals surface area contributed by atoms with Gasteiger partial charge in [0.1, 0.15) is 0 Å². The highest BCUT2D eigenvalue weighted by molar-refractivity contribution is 6.25. The molecule has 6 aromatic heterocycles. The van der Waals surface area contributed by atoms with Crippen LogP contribution < -0.4 is 0 Å². The molecule has 6 heterocycles. The Bertz CT molecular complexity index is 9660. The van der Waals surface area contributed by atoms with Gasteiger partial charge < -0.3 is 9.13 Å². The monoisotopic (exact) mass is 1860 g/mol. The Kier molecular flexibility index (Phi) is 21.4. The van der Waals surface area contributed by atoms with E-state index in [9.17, 15) is 0 Å². The minimum atomic E-state index is 0.611. The van der Waals surface area contributed by atoms with Crippen LogP contribution in [-0.4, -0.2) is 44.0 Å². The molecular formula is C137H87N9. The third-order valence-electron chi connectivity index (χ3n) is 28.7. The summed E-state index contributed by atoms with van der Waals surface area (Å²) < 4.78 is 4.74. The maximum atomic E-state index is 5.44. The molecule has 0 aliphatic heterocycles. The first-order valence-electron chi connectivity index (χ1n) is 49.5. The fraction of sp³-hybridized carbons (Fsp3) is 0. The number of aromatic nitrogens is 9. The third-order valence-corrected chi connectivity index (χ3v) is 28.7. The van der Waals surface area contributed by atoms with E-state index in [4.69, 9.17) is 34.9 Å².